The third-order valence-corrected chi connectivity index (χ3v) is 3.63. The molecule has 0 nitrogen and oxygen atoms in total. The smallest absolute Gasteiger partial charge is 0.0331 e. The summed E-state index contributed by atoms with van der Waals surface area (Å²) in [4.78, 5) is 0. The molecule has 1 unspecified atom stereocenters. The monoisotopic (exact) mass is 184 g/mol. The summed E-state index contributed by atoms with van der Waals surface area (Å²) in [6, 6.07) is 0. The summed E-state index contributed by atoms with van der Waals surface area (Å²) in [5.74, 6) is 1.73. The molecule has 0 aromatic carbocycles. The Hall–Kier alpha value is 0. The zero-order chi connectivity index (χ0) is 10.5. The highest BCUT2D eigenvalue weighted by Crippen LogP contribution is 2.33. The van der Waals surface area contributed by atoms with E-state index >= 15 is 0 Å². The number of rotatable bonds is 6. The first-order valence-corrected chi connectivity index (χ1v) is 5.90. The van der Waals surface area contributed by atoms with Crippen LogP contribution in [0.4, 0.5) is 0 Å². The van der Waals surface area contributed by atoms with Gasteiger partial charge in [0, 0.05) is 0 Å². The van der Waals surface area contributed by atoms with E-state index in [0.717, 1.165) is 11.8 Å². The molecule has 0 fully saturated rings. The Bertz CT molecular complexity index is 122. The molecule has 0 bridgehead atoms. The van der Waals surface area contributed by atoms with Crippen molar-refractivity contribution >= 4 is 0 Å². The van der Waals surface area contributed by atoms with Gasteiger partial charge in [0.05, 0.1) is 0 Å². The average Bonchev–Trinajstić information content (AvgIpc) is 2.01. The van der Waals surface area contributed by atoms with Crippen molar-refractivity contribution in [3.8, 4) is 0 Å². The molecule has 0 rings (SSSR count). The molecule has 0 spiro atoms. The van der Waals surface area contributed by atoms with Crippen molar-refractivity contribution in [2.75, 3.05) is 0 Å². The molecule has 0 aromatic rings. The van der Waals surface area contributed by atoms with Gasteiger partial charge in [-0.15, -0.1) is 0 Å². The van der Waals surface area contributed by atoms with E-state index in [4.69, 9.17) is 0 Å². The Morgan fingerprint density at radius 3 is 1.92 bits per heavy atom. The average molecular weight is 184 g/mol. The van der Waals surface area contributed by atoms with Crippen molar-refractivity contribution in [3.05, 3.63) is 0 Å². The molecule has 1 atom stereocenters. The minimum Gasteiger partial charge on any atom is -0.0654 e. The van der Waals surface area contributed by atoms with E-state index in [1.807, 2.05) is 0 Å². The van der Waals surface area contributed by atoms with E-state index in [-0.39, 0.29) is 0 Å². The molecule has 0 saturated heterocycles. The fraction of sp³-hybridized carbons (Fsp3) is 1.00. The standard InChI is InChI=1S/C13H28/c1-7-8-12(4)9-10-13(5,6)11(2)3/h11-12H,7-10H2,1-6H3. The summed E-state index contributed by atoms with van der Waals surface area (Å²) < 4.78 is 0. The van der Waals surface area contributed by atoms with Crippen molar-refractivity contribution in [2.24, 2.45) is 17.3 Å². The van der Waals surface area contributed by atoms with Crippen molar-refractivity contribution in [3.63, 3.8) is 0 Å². The van der Waals surface area contributed by atoms with Gasteiger partial charge >= 0.3 is 0 Å². The molecule has 0 radical (unpaired) electrons. The van der Waals surface area contributed by atoms with Crippen molar-refractivity contribution in [2.45, 2.75) is 67.2 Å². The maximum atomic E-state index is 2.40. The predicted octanol–water partition coefficient (Wildman–Crippen LogP) is 4.89. The molecule has 80 valence electrons. The summed E-state index contributed by atoms with van der Waals surface area (Å²) in [6.45, 7) is 14.1. The molecule has 0 amide bonds. The summed E-state index contributed by atoms with van der Waals surface area (Å²) >= 11 is 0. The lowest BCUT2D eigenvalue weighted by atomic mass is 9.76. The molecule has 0 heterocycles. The third kappa shape index (κ3) is 5.33. The molecule has 0 aromatic heterocycles. The van der Waals surface area contributed by atoms with E-state index in [0.29, 0.717) is 5.41 Å². The molecule has 13 heavy (non-hydrogen) atoms. The van der Waals surface area contributed by atoms with Crippen LogP contribution in [0.1, 0.15) is 67.2 Å². The predicted molar refractivity (Wildman–Crippen MR) is 61.9 cm³/mol. The lowest BCUT2D eigenvalue weighted by molar-refractivity contribution is 0.208. The van der Waals surface area contributed by atoms with Crippen molar-refractivity contribution in [1.82, 2.24) is 0 Å². The van der Waals surface area contributed by atoms with E-state index in [9.17, 15) is 0 Å². The van der Waals surface area contributed by atoms with Crippen LogP contribution in [0.25, 0.3) is 0 Å². The third-order valence-electron chi connectivity index (χ3n) is 3.63. The van der Waals surface area contributed by atoms with Gasteiger partial charge < -0.3 is 0 Å². The molecule has 0 aliphatic carbocycles. The van der Waals surface area contributed by atoms with Crippen molar-refractivity contribution < 1.29 is 0 Å². The first-order chi connectivity index (χ1) is 5.90. The van der Waals surface area contributed by atoms with Crippen LogP contribution in [0, 0.1) is 17.3 Å². The lowest BCUT2D eigenvalue weighted by Gasteiger charge is -2.30. The van der Waals surface area contributed by atoms with Gasteiger partial charge in [0.2, 0.25) is 0 Å². The van der Waals surface area contributed by atoms with E-state index < -0.39 is 0 Å². The molecule has 0 N–H and O–H groups in total. The van der Waals surface area contributed by atoms with Crippen molar-refractivity contribution in [1.29, 1.82) is 0 Å². The molecule has 0 aliphatic rings. The summed E-state index contributed by atoms with van der Waals surface area (Å²) in [5, 5.41) is 0. The first-order valence-electron chi connectivity index (χ1n) is 5.90. The van der Waals surface area contributed by atoms with Crippen LogP contribution in [0.3, 0.4) is 0 Å². The zero-order valence-electron chi connectivity index (χ0n) is 10.5. The Kier molecular flexibility index (Phi) is 5.67. The Labute approximate surface area is 85.1 Å². The first kappa shape index (κ1) is 13.0. The van der Waals surface area contributed by atoms with Crippen LogP contribution in [0.2, 0.25) is 0 Å². The summed E-state index contributed by atoms with van der Waals surface area (Å²) in [5.41, 5.74) is 0.530. The second-order valence-corrected chi connectivity index (χ2v) is 5.58. The Morgan fingerprint density at radius 2 is 1.54 bits per heavy atom. The second-order valence-electron chi connectivity index (χ2n) is 5.58. The second kappa shape index (κ2) is 5.67. The molecule has 0 saturated carbocycles. The summed E-state index contributed by atoms with van der Waals surface area (Å²) in [6.07, 6.45) is 5.52. The maximum Gasteiger partial charge on any atom is -0.0331 e. The van der Waals surface area contributed by atoms with Crippen LogP contribution in [0.15, 0.2) is 0 Å². The van der Waals surface area contributed by atoms with E-state index in [2.05, 4.69) is 41.5 Å². The molecule has 0 aliphatic heterocycles. The SMILES string of the molecule is CCCC(C)CCC(C)(C)C(C)C. The van der Waals surface area contributed by atoms with Gasteiger partial charge in [-0.3, -0.25) is 0 Å². The fourth-order valence-corrected chi connectivity index (χ4v) is 1.54. The molecule has 0 heteroatoms. The van der Waals surface area contributed by atoms with Crippen LogP contribution in [-0.2, 0) is 0 Å². The maximum absolute atomic E-state index is 2.40. The normalized spacial score (nSPS) is 15.0. The largest absolute Gasteiger partial charge is 0.0654 e. The molecular formula is C13H28. The minimum absolute atomic E-state index is 0.530. The highest BCUT2D eigenvalue weighted by atomic mass is 14.3. The van der Waals surface area contributed by atoms with E-state index in [1.54, 1.807) is 0 Å². The van der Waals surface area contributed by atoms with Gasteiger partial charge in [-0.1, -0.05) is 60.8 Å². The number of hydrogen-bond acceptors (Lipinski definition) is 0. The van der Waals surface area contributed by atoms with E-state index in [1.165, 1.54) is 25.7 Å². The fourth-order valence-electron chi connectivity index (χ4n) is 1.54. The van der Waals surface area contributed by atoms with Crippen LogP contribution >= 0.6 is 0 Å². The zero-order valence-corrected chi connectivity index (χ0v) is 10.5. The highest BCUT2D eigenvalue weighted by Gasteiger charge is 2.22. The Balaban J connectivity index is 3.74. The topological polar surface area (TPSA) is 0 Å². The van der Waals surface area contributed by atoms with Gasteiger partial charge in [0.1, 0.15) is 0 Å². The van der Waals surface area contributed by atoms with Gasteiger partial charge in [-0.2, -0.15) is 0 Å². The van der Waals surface area contributed by atoms with Gasteiger partial charge in [-0.05, 0) is 23.7 Å². The van der Waals surface area contributed by atoms with Crippen LogP contribution in [-0.4, -0.2) is 0 Å². The Morgan fingerprint density at radius 1 is 1.00 bits per heavy atom. The molecular weight excluding hydrogens is 156 g/mol. The quantitative estimate of drug-likeness (QED) is 0.551. The lowest BCUT2D eigenvalue weighted by Crippen LogP contribution is -2.19. The van der Waals surface area contributed by atoms with Gasteiger partial charge in [-0.25, -0.2) is 0 Å². The van der Waals surface area contributed by atoms with Gasteiger partial charge in [0.25, 0.3) is 0 Å². The van der Waals surface area contributed by atoms with Crippen LogP contribution < -0.4 is 0 Å². The van der Waals surface area contributed by atoms with Crippen LogP contribution in [0.5, 0.6) is 0 Å². The minimum atomic E-state index is 0.530. The number of hydrogen-bond donors (Lipinski definition) is 0. The summed E-state index contributed by atoms with van der Waals surface area (Å²) in [7, 11) is 0. The van der Waals surface area contributed by atoms with Gasteiger partial charge in [0.15, 0.2) is 0 Å². The highest BCUT2D eigenvalue weighted by molar-refractivity contribution is 4.73.